The molecule has 2 aliphatic carbocycles. The molecule has 1 aromatic carbocycles. The molecule has 2 aromatic rings. The molecule has 1 saturated heterocycles. The number of H-pyrrole nitrogens is 1. The van der Waals surface area contributed by atoms with E-state index >= 15 is 0 Å². The Morgan fingerprint density at radius 2 is 1.85 bits per heavy atom. The first-order chi connectivity index (χ1) is 15.9. The molecule has 0 unspecified atom stereocenters. The third-order valence-corrected chi connectivity index (χ3v) is 10.4. The van der Waals surface area contributed by atoms with Gasteiger partial charge in [0.25, 0.3) is 0 Å². The Morgan fingerprint density at radius 3 is 2.58 bits per heavy atom. The van der Waals surface area contributed by atoms with Gasteiger partial charge in [0.05, 0.1) is 16.9 Å². The predicted molar refractivity (Wildman–Crippen MR) is 120 cm³/mol. The minimum absolute atomic E-state index is 0.0147. The van der Waals surface area contributed by atoms with Crippen molar-refractivity contribution in [2.75, 3.05) is 6.54 Å². The summed E-state index contributed by atoms with van der Waals surface area (Å²) >= 11 is 2.76. The summed E-state index contributed by atoms with van der Waals surface area (Å²) in [5.41, 5.74) is 0.753. The molecule has 0 radical (unpaired) electrons. The molecule has 33 heavy (non-hydrogen) atoms. The van der Waals surface area contributed by atoms with Crippen LogP contribution in [-0.4, -0.2) is 49.7 Å². The van der Waals surface area contributed by atoms with E-state index in [9.17, 15) is 24.3 Å². The number of carbonyl (C=O) groups is 3. The van der Waals surface area contributed by atoms with Crippen molar-refractivity contribution in [2.45, 2.75) is 35.5 Å². The molecule has 2 saturated carbocycles. The monoisotopic (exact) mass is 486 g/mol. The minimum Gasteiger partial charge on any atom is -0.508 e. The molecule has 4 aliphatic rings. The number of aromatic hydroxyl groups is 1. The zero-order valence-electron chi connectivity index (χ0n) is 17.5. The smallest absolute Gasteiger partial charge is 0.305 e. The summed E-state index contributed by atoms with van der Waals surface area (Å²) in [5.74, 6) is -2.10. The van der Waals surface area contributed by atoms with Crippen molar-refractivity contribution < 1.29 is 24.6 Å². The quantitative estimate of drug-likeness (QED) is 0.554. The molecule has 3 N–H and O–H groups in total. The first-order valence-corrected chi connectivity index (χ1v) is 12.8. The highest BCUT2D eigenvalue weighted by atomic mass is 32.2. The fraction of sp³-hybridized carbons (Fsp3) is 0.478. The molecule has 2 amide bonds. The number of phenols is 1. The summed E-state index contributed by atoms with van der Waals surface area (Å²) in [6.07, 6.45) is 0.951. The van der Waals surface area contributed by atoms with Crippen LogP contribution >= 0.6 is 23.1 Å². The molecule has 172 valence electrons. The second kappa shape index (κ2) is 7.46. The van der Waals surface area contributed by atoms with Gasteiger partial charge in [0.2, 0.25) is 11.8 Å². The number of aliphatic carboxylic acids is 1. The van der Waals surface area contributed by atoms with Crippen LogP contribution in [0.2, 0.25) is 0 Å². The van der Waals surface area contributed by atoms with Crippen LogP contribution in [-0.2, 0) is 14.4 Å². The highest BCUT2D eigenvalue weighted by molar-refractivity contribution is 8.00. The Kier molecular flexibility index (Phi) is 4.74. The Hall–Kier alpha value is -2.59. The number of likely N-dealkylation sites (tertiary alicyclic amines) is 1. The fourth-order valence-electron chi connectivity index (χ4n) is 6.79. The van der Waals surface area contributed by atoms with E-state index in [-0.39, 0.29) is 76.7 Å². The van der Waals surface area contributed by atoms with E-state index in [1.807, 2.05) is 12.1 Å². The maximum absolute atomic E-state index is 13.3. The van der Waals surface area contributed by atoms with E-state index in [2.05, 4.69) is 4.98 Å². The Balaban J connectivity index is 1.39. The lowest BCUT2D eigenvalue weighted by Gasteiger charge is -2.43. The largest absolute Gasteiger partial charge is 0.508 e. The number of carboxylic acid groups (broad SMARTS) is 1. The number of aromatic nitrogens is 1. The van der Waals surface area contributed by atoms with Gasteiger partial charge in [0.15, 0.2) is 0 Å². The van der Waals surface area contributed by atoms with Gasteiger partial charge in [0.1, 0.15) is 5.75 Å². The summed E-state index contributed by atoms with van der Waals surface area (Å²) in [5, 5.41) is 20.5. The number of para-hydroxylation sites is 1. The van der Waals surface area contributed by atoms with Gasteiger partial charge in [-0.3, -0.25) is 24.1 Å². The van der Waals surface area contributed by atoms with Crippen LogP contribution in [0.25, 0.3) is 0 Å². The molecule has 2 aliphatic heterocycles. The third kappa shape index (κ3) is 2.96. The minimum atomic E-state index is -0.942. The average molecular weight is 487 g/mol. The Labute approximate surface area is 197 Å². The number of fused-ring (bicyclic) bond motifs is 9. The van der Waals surface area contributed by atoms with Crippen molar-refractivity contribution in [2.24, 2.45) is 29.6 Å². The number of nitrogens with one attached hydrogen (secondary N) is 1. The summed E-state index contributed by atoms with van der Waals surface area (Å²) in [6.45, 7) is 0.141. The summed E-state index contributed by atoms with van der Waals surface area (Å²) < 4.78 is 0. The van der Waals surface area contributed by atoms with Gasteiger partial charge in [-0.1, -0.05) is 29.5 Å². The molecular weight excluding hydrogens is 464 g/mol. The number of thioether (sulfide) groups is 1. The van der Waals surface area contributed by atoms with Crippen LogP contribution in [0.15, 0.2) is 34.1 Å². The Morgan fingerprint density at radius 1 is 1.12 bits per heavy atom. The SMILES string of the molecule is O=C(O)CCCN1C(=O)[C@@H]2[C@H]3C[C@@H]([C@@H]4Sc5[nH]c(=O)sc5[C@@H](c5ccccc5O)[C@@H]34)[C@H]2C1=O. The van der Waals surface area contributed by atoms with E-state index in [1.165, 1.54) is 4.90 Å². The van der Waals surface area contributed by atoms with Crippen LogP contribution in [0.3, 0.4) is 0 Å². The number of benzene rings is 1. The molecule has 3 heterocycles. The zero-order chi connectivity index (χ0) is 23.0. The van der Waals surface area contributed by atoms with Gasteiger partial charge >= 0.3 is 10.8 Å². The number of imide groups is 1. The molecule has 3 fully saturated rings. The second-order valence-corrected chi connectivity index (χ2v) is 11.5. The zero-order valence-corrected chi connectivity index (χ0v) is 19.1. The highest BCUT2D eigenvalue weighted by Gasteiger charge is 2.69. The summed E-state index contributed by atoms with van der Waals surface area (Å²) in [4.78, 5) is 54.7. The lowest BCUT2D eigenvalue weighted by Crippen LogP contribution is -2.42. The number of thiazole rings is 1. The molecule has 0 spiro atoms. The Bertz CT molecular complexity index is 1240. The molecule has 2 bridgehead atoms. The van der Waals surface area contributed by atoms with Gasteiger partial charge in [0, 0.05) is 34.6 Å². The van der Waals surface area contributed by atoms with Crippen molar-refractivity contribution in [1.29, 1.82) is 0 Å². The van der Waals surface area contributed by atoms with Gasteiger partial charge < -0.3 is 15.2 Å². The van der Waals surface area contributed by atoms with Crippen LogP contribution in [0.1, 0.15) is 35.6 Å². The molecular formula is C23H22N2O6S2. The van der Waals surface area contributed by atoms with Gasteiger partial charge in [-0.2, -0.15) is 0 Å². The van der Waals surface area contributed by atoms with E-state index in [4.69, 9.17) is 5.11 Å². The molecule has 8 nitrogen and oxygen atoms in total. The summed E-state index contributed by atoms with van der Waals surface area (Å²) in [7, 11) is 0. The number of nitrogens with zero attached hydrogens (tertiary/aromatic N) is 1. The number of hydrogen-bond acceptors (Lipinski definition) is 7. The molecule has 6 rings (SSSR count). The predicted octanol–water partition coefficient (Wildman–Crippen LogP) is 2.48. The number of rotatable bonds is 5. The van der Waals surface area contributed by atoms with Crippen molar-refractivity contribution in [3.8, 4) is 5.75 Å². The van der Waals surface area contributed by atoms with E-state index in [0.717, 1.165) is 33.2 Å². The number of carbonyl (C=O) groups excluding carboxylic acids is 2. The first-order valence-electron chi connectivity index (χ1n) is 11.1. The van der Waals surface area contributed by atoms with Gasteiger partial charge in [-0.15, -0.1) is 11.8 Å². The number of phenolic OH excluding ortho intramolecular Hbond substituents is 1. The number of amides is 2. The fourth-order valence-corrected chi connectivity index (χ4v) is 9.67. The standard InChI is InChI=1S/C23H22N2O6S2/c26-12-5-2-1-4-9(12)14-15-10-8-11(18(15)32-20-19(14)33-23(31)24-20)17-16(10)21(29)25(22(17)30)7-3-6-13(27)28/h1-2,4-5,10-11,14-18,26H,3,6-8H2,(H,24,31)(H,27,28)/t10-,11+,14-,15+,16+,17+,18-/m0/s1. The third-order valence-electron chi connectivity index (χ3n) is 7.86. The maximum atomic E-state index is 13.3. The molecule has 7 atom stereocenters. The first kappa shape index (κ1) is 21.0. The van der Waals surface area contributed by atoms with Crippen LogP contribution in [0.5, 0.6) is 5.75 Å². The second-order valence-electron chi connectivity index (χ2n) is 9.34. The van der Waals surface area contributed by atoms with E-state index < -0.39 is 11.9 Å². The van der Waals surface area contributed by atoms with Crippen LogP contribution in [0.4, 0.5) is 0 Å². The van der Waals surface area contributed by atoms with Crippen molar-refractivity contribution >= 4 is 40.9 Å². The lowest BCUT2D eigenvalue weighted by atomic mass is 9.68. The van der Waals surface area contributed by atoms with E-state index in [1.54, 1.807) is 23.9 Å². The lowest BCUT2D eigenvalue weighted by molar-refractivity contribution is -0.142. The van der Waals surface area contributed by atoms with Crippen LogP contribution < -0.4 is 4.87 Å². The number of aromatic amines is 1. The molecule has 10 heteroatoms. The van der Waals surface area contributed by atoms with E-state index in [0.29, 0.717) is 0 Å². The van der Waals surface area contributed by atoms with Crippen molar-refractivity contribution in [3.05, 3.63) is 44.4 Å². The number of carboxylic acids is 1. The normalized spacial score (nSPS) is 33.8. The topological polar surface area (TPSA) is 128 Å². The van der Waals surface area contributed by atoms with Crippen LogP contribution in [0, 0.1) is 29.6 Å². The molecule has 1 aromatic heterocycles. The van der Waals surface area contributed by atoms with Gasteiger partial charge in [-0.05, 0) is 36.7 Å². The highest BCUT2D eigenvalue weighted by Crippen LogP contribution is 2.68. The average Bonchev–Trinajstić information content (AvgIpc) is 3.49. The van der Waals surface area contributed by atoms with Crippen molar-refractivity contribution in [1.82, 2.24) is 9.88 Å². The number of hydrogen-bond donors (Lipinski definition) is 3. The maximum Gasteiger partial charge on any atom is 0.305 e. The summed E-state index contributed by atoms with van der Waals surface area (Å²) in [6, 6.07) is 7.15. The van der Waals surface area contributed by atoms with Crippen molar-refractivity contribution in [3.63, 3.8) is 0 Å². The van der Waals surface area contributed by atoms with Gasteiger partial charge in [-0.25, -0.2) is 0 Å².